The monoisotopic (exact) mass is 2060 g/mol. The Morgan fingerprint density at radius 1 is 0.263 bits per heavy atom. The molecule has 0 bridgehead atoms. The highest BCUT2D eigenvalue weighted by Crippen LogP contribution is 2.32. The summed E-state index contributed by atoms with van der Waals surface area (Å²) in [5.74, 6) is -6.10. The number of ether oxygens (including phenoxy) is 12. The van der Waals surface area contributed by atoms with Crippen LogP contribution in [0.15, 0.2) is 229 Å². The van der Waals surface area contributed by atoms with Crippen molar-refractivity contribution in [3.05, 3.63) is 382 Å². The van der Waals surface area contributed by atoms with Crippen molar-refractivity contribution >= 4 is 121 Å². The Labute approximate surface area is 822 Å². The minimum absolute atomic E-state index is 0.0304. The maximum atomic E-state index is 14.1. The first kappa shape index (κ1) is 110. The van der Waals surface area contributed by atoms with Gasteiger partial charge in [0.2, 0.25) is 0 Å². The van der Waals surface area contributed by atoms with Crippen LogP contribution in [0.4, 0.5) is 4.39 Å². The second-order valence-electron chi connectivity index (χ2n) is 31.1. The molecule has 0 unspecified atom stereocenters. The van der Waals surface area contributed by atoms with E-state index in [2.05, 4.69) is 66.9 Å². The summed E-state index contributed by atoms with van der Waals surface area (Å²) in [6, 6.07) is 66.2. The third-order valence-corrected chi connectivity index (χ3v) is 22.9. The number of hydrogen-bond donors (Lipinski definition) is 0. The summed E-state index contributed by atoms with van der Waals surface area (Å²) in [7, 11) is 7.03. The van der Waals surface area contributed by atoms with Crippen LogP contribution in [0.5, 0.6) is 34.5 Å². The maximum absolute atomic E-state index is 14.1. The zero-order valence-corrected chi connectivity index (χ0v) is 83.9. The molecule has 0 aliphatic heterocycles. The molecule has 0 radical (unpaired) electrons. The van der Waals surface area contributed by atoms with Gasteiger partial charge in [0.15, 0.2) is 0 Å². The highest BCUT2D eigenvalue weighted by atomic mass is 127. The van der Waals surface area contributed by atoms with Crippen molar-refractivity contribution in [2.45, 2.75) is 130 Å². The molecule has 0 fully saturated rings. The second kappa shape index (κ2) is 53.7. The molecule has 0 aromatic heterocycles. The summed E-state index contributed by atoms with van der Waals surface area (Å²) in [5.41, 5.74) is 18.2. The molecule has 0 saturated heterocycles. The number of carbonyl (C=O) groups is 12. The van der Waals surface area contributed by atoms with Crippen molar-refractivity contribution in [2.75, 3.05) is 42.7 Å². The number of rotatable bonds is 30. The van der Waals surface area contributed by atoms with Gasteiger partial charge in [-0.3, -0.25) is 28.8 Å². The van der Waals surface area contributed by atoms with E-state index < -0.39 is 76.3 Å². The Balaban J connectivity index is 0.000000224. The zero-order chi connectivity index (χ0) is 101. The molecule has 137 heavy (non-hydrogen) atoms. The lowest BCUT2D eigenvalue weighted by Crippen LogP contribution is -2.19. The molecular formula is C109H106BrClFIO24. The van der Waals surface area contributed by atoms with Crippen molar-refractivity contribution in [1.29, 1.82) is 0 Å². The SMILES string of the molecule is COC(=O)C(=O)c1cccc(Br)c1COc1ccc(C)cc1C.COC(=O)C(=O)c1cccc(C)c1COc1ccc(C)cc1C.COC(=O)C(=O)c1cccc(Cl)c1COc1ccc(C)cc1C.COC(=O)C(=O)c1cccc(F)c1COc1ccc(C)cc1C.COC(=O)C(=O)c1cccc(I)c1COc1ccc(C)cc1C.COC(=O)C(=O)c1ccccc1COc1ccc(C)cc1C. The summed E-state index contributed by atoms with van der Waals surface area (Å²) in [4.78, 5) is 141. The third kappa shape index (κ3) is 31.7. The molecule has 0 amide bonds. The Hall–Kier alpha value is -14.3. The minimum Gasteiger partial charge on any atom is -0.489 e. The second-order valence-corrected chi connectivity index (χ2v) is 33.5. The number of aryl methyl sites for hydroxylation is 13. The number of esters is 6. The maximum Gasteiger partial charge on any atom is 0.379 e. The lowest BCUT2D eigenvalue weighted by atomic mass is 9.99. The molecular weight excluding hydrogens is 1950 g/mol. The Kier molecular flexibility index (Phi) is 43.0. The fourth-order valence-electron chi connectivity index (χ4n) is 13.5. The van der Waals surface area contributed by atoms with Crippen molar-refractivity contribution in [2.24, 2.45) is 0 Å². The van der Waals surface area contributed by atoms with Gasteiger partial charge >= 0.3 is 35.8 Å². The van der Waals surface area contributed by atoms with Gasteiger partial charge in [0.05, 0.1) is 42.7 Å². The van der Waals surface area contributed by atoms with E-state index in [0.717, 1.165) is 113 Å². The van der Waals surface area contributed by atoms with E-state index in [9.17, 15) is 61.9 Å². The number of halogens is 4. The summed E-state index contributed by atoms with van der Waals surface area (Å²) >= 11 is 11.7. The first-order chi connectivity index (χ1) is 65.2. The van der Waals surface area contributed by atoms with Crippen LogP contribution in [0.3, 0.4) is 0 Å². The van der Waals surface area contributed by atoms with Gasteiger partial charge in [0, 0.05) is 79.8 Å². The lowest BCUT2D eigenvalue weighted by Gasteiger charge is -2.14. The number of ketones is 6. The fourth-order valence-corrected chi connectivity index (χ4v) is 14.9. The topological polar surface area (TPSA) is 316 Å². The van der Waals surface area contributed by atoms with Crippen LogP contribution < -0.4 is 28.4 Å². The van der Waals surface area contributed by atoms with E-state index in [0.29, 0.717) is 65.5 Å². The van der Waals surface area contributed by atoms with E-state index in [-0.39, 0.29) is 61.9 Å². The highest BCUT2D eigenvalue weighted by Gasteiger charge is 2.29. The van der Waals surface area contributed by atoms with Crippen molar-refractivity contribution < 1.29 is 119 Å². The van der Waals surface area contributed by atoms with Crippen LogP contribution in [-0.4, -0.2) is 113 Å². The standard InChI is InChI=1S/C19H20O4.C18H17BrO4.C18H17ClO4.C18H17FO4.C18H17IO4.C18H18O4/c1-12-8-9-17(14(3)10-12)23-11-16-13(2)6-5-7-15(16)18(20)19(21)22-4;4*1-11-7-8-16(12(2)9-11)23-10-14-13(5-4-6-15(14)19)17(20)18(21)22-3;1-12-8-9-16(13(2)10-12)22-11-14-6-4-5-7-15(14)17(19)18(20)21-3/h5-10H,11H2,1-4H3;4*4-9H,10H2,1-3H3;4-10H,11H2,1-3H3. The van der Waals surface area contributed by atoms with E-state index in [1.54, 1.807) is 84.9 Å². The van der Waals surface area contributed by atoms with E-state index in [4.69, 9.17) is 40.0 Å². The van der Waals surface area contributed by atoms with Crippen LogP contribution in [0.25, 0.3) is 0 Å². The summed E-state index contributed by atoms with van der Waals surface area (Å²) < 4.78 is 77.3. The molecule has 0 spiro atoms. The fraction of sp³-hybridized carbons (Fsp3) is 0.229. The number of carbonyl (C=O) groups excluding carboxylic acids is 12. The minimum atomic E-state index is -1.04. The first-order valence-electron chi connectivity index (χ1n) is 42.4. The number of methoxy groups -OCH3 is 6. The number of Topliss-reactive ketones (excluding diaryl/α,β-unsaturated/α-hetero) is 6. The normalized spacial score (nSPS) is 10.2. The molecule has 714 valence electrons. The van der Waals surface area contributed by atoms with E-state index in [1.807, 2.05) is 205 Å². The zero-order valence-electron chi connectivity index (χ0n) is 79.4. The van der Waals surface area contributed by atoms with Gasteiger partial charge in [-0.05, 0) is 212 Å². The van der Waals surface area contributed by atoms with Crippen LogP contribution in [-0.2, 0) is 96.8 Å². The van der Waals surface area contributed by atoms with Crippen LogP contribution in [0.1, 0.15) is 168 Å². The molecule has 0 aliphatic rings. The first-order valence-corrected chi connectivity index (χ1v) is 44.7. The smallest absolute Gasteiger partial charge is 0.379 e. The van der Waals surface area contributed by atoms with Gasteiger partial charge < -0.3 is 56.8 Å². The molecule has 0 aliphatic carbocycles. The summed E-state index contributed by atoms with van der Waals surface area (Å²) in [6.45, 7) is 26.3. The average molecular weight is 2060 g/mol. The summed E-state index contributed by atoms with van der Waals surface area (Å²) in [5, 5.41) is 0.365. The molecule has 12 rings (SSSR count). The largest absolute Gasteiger partial charge is 0.489 e. The molecule has 0 heterocycles. The van der Waals surface area contributed by atoms with Gasteiger partial charge in [-0.15, -0.1) is 0 Å². The molecule has 0 N–H and O–H groups in total. The van der Waals surface area contributed by atoms with Crippen LogP contribution in [0.2, 0.25) is 5.02 Å². The predicted molar refractivity (Wildman–Crippen MR) is 528 cm³/mol. The number of hydrogen-bond acceptors (Lipinski definition) is 24. The van der Waals surface area contributed by atoms with Gasteiger partial charge in [0.25, 0.3) is 34.7 Å². The molecule has 28 heteroatoms. The van der Waals surface area contributed by atoms with Gasteiger partial charge in [-0.2, -0.15) is 0 Å². The van der Waals surface area contributed by atoms with E-state index >= 15 is 0 Å². The van der Waals surface area contributed by atoms with Gasteiger partial charge in [-0.1, -0.05) is 225 Å². The third-order valence-electron chi connectivity index (χ3n) is 20.8. The average Bonchev–Trinajstić information content (AvgIpc) is 0.802. The van der Waals surface area contributed by atoms with Crippen LogP contribution >= 0.6 is 50.1 Å². The molecule has 0 saturated carbocycles. The Morgan fingerprint density at radius 2 is 0.511 bits per heavy atom. The van der Waals surface area contributed by atoms with Crippen molar-refractivity contribution in [3.8, 4) is 34.5 Å². The van der Waals surface area contributed by atoms with Gasteiger partial charge in [0.1, 0.15) is 80.0 Å². The Bertz CT molecular complexity index is 5710. The lowest BCUT2D eigenvalue weighted by molar-refractivity contribution is -0.135. The quantitative estimate of drug-likeness (QED) is 0.0133. The predicted octanol–water partition coefficient (Wildman–Crippen LogP) is 21.9. The van der Waals surface area contributed by atoms with Crippen molar-refractivity contribution in [3.63, 3.8) is 0 Å². The molecule has 12 aromatic rings. The Morgan fingerprint density at radius 3 is 0.861 bits per heavy atom. The van der Waals surface area contributed by atoms with Gasteiger partial charge in [-0.25, -0.2) is 33.2 Å². The van der Waals surface area contributed by atoms with Crippen LogP contribution in [0, 0.1) is 99.4 Å². The molecule has 0 atom stereocenters. The molecule has 24 nitrogen and oxygen atoms in total. The molecule has 12 aromatic carbocycles. The highest BCUT2D eigenvalue weighted by molar-refractivity contribution is 14.1. The van der Waals surface area contributed by atoms with E-state index in [1.165, 1.54) is 52.7 Å². The van der Waals surface area contributed by atoms with Crippen molar-refractivity contribution in [1.82, 2.24) is 0 Å². The number of benzene rings is 12. The summed E-state index contributed by atoms with van der Waals surface area (Å²) in [6.07, 6.45) is 0.